The molecular formula is C13H11NO2. The van der Waals surface area contributed by atoms with Crippen molar-refractivity contribution < 1.29 is 9.53 Å². The van der Waals surface area contributed by atoms with Crippen LogP contribution >= 0.6 is 0 Å². The van der Waals surface area contributed by atoms with Gasteiger partial charge in [-0.25, -0.2) is 4.79 Å². The number of hydrogen-bond donors (Lipinski definition) is 0. The summed E-state index contributed by atoms with van der Waals surface area (Å²) in [6, 6.07) is 7.93. The Morgan fingerprint density at radius 1 is 1.31 bits per heavy atom. The monoisotopic (exact) mass is 213 g/mol. The molecule has 80 valence electrons. The Bertz CT molecular complexity index is 611. The molecule has 0 N–H and O–H groups in total. The van der Waals surface area contributed by atoms with Crippen molar-refractivity contribution in [3.05, 3.63) is 34.7 Å². The Balaban J connectivity index is 2.44. The normalized spacial score (nSPS) is 25.3. The highest BCUT2D eigenvalue weighted by atomic mass is 16.5. The molecule has 1 fully saturated rings. The highest BCUT2D eigenvalue weighted by molar-refractivity contribution is 5.66. The summed E-state index contributed by atoms with van der Waals surface area (Å²) in [6.07, 6.45) is 2.68. The van der Waals surface area contributed by atoms with Crippen molar-refractivity contribution >= 4 is 17.5 Å². The summed E-state index contributed by atoms with van der Waals surface area (Å²) in [5.41, 5.74) is 0.872. The maximum absolute atomic E-state index is 10.4. The average molecular weight is 213 g/mol. The fourth-order valence-corrected chi connectivity index (χ4v) is 2.56. The van der Waals surface area contributed by atoms with Crippen LogP contribution in [0.25, 0.3) is 11.5 Å². The summed E-state index contributed by atoms with van der Waals surface area (Å²) < 4.78 is 5.46. The van der Waals surface area contributed by atoms with E-state index < -0.39 is 0 Å². The summed E-state index contributed by atoms with van der Waals surface area (Å²) in [5.74, 6) is 1.80. The molecule has 0 aromatic heterocycles. The topological polar surface area (TPSA) is 38.7 Å². The Hall–Kier alpha value is -1.86. The van der Waals surface area contributed by atoms with Crippen molar-refractivity contribution in [3.8, 4) is 0 Å². The average Bonchev–Trinajstić information content (AvgIpc) is 3.09. The number of rotatable bonds is 2. The molecule has 2 aliphatic carbocycles. The number of nitrogens with zero attached hydrogens (tertiary/aromatic N) is 1. The molecule has 0 aliphatic heterocycles. The van der Waals surface area contributed by atoms with Gasteiger partial charge in [0.15, 0.2) is 0 Å². The third-order valence-electron chi connectivity index (χ3n) is 3.33. The molecule has 3 heteroatoms. The first-order chi connectivity index (χ1) is 7.86. The lowest BCUT2D eigenvalue weighted by Crippen LogP contribution is -2.33. The van der Waals surface area contributed by atoms with Crippen LogP contribution < -0.4 is 10.4 Å². The Morgan fingerprint density at radius 2 is 2.06 bits per heavy atom. The lowest BCUT2D eigenvalue weighted by molar-refractivity contribution is 0.340. The van der Waals surface area contributed by atoms with E-state index in [0.717, 1.165) is 28.3 Å². The molecular weight excluding hydrogens is 202 g/mol. The van der Waals surface area contributed by atoms with E-state index >= 15 is 0 Å². The smallest absolute Gasteiger partial charge is 0.240 e. The number of hydrogen-bond acceptors (Lipinski definition) is 3. The van der Waals surface area contributed by atoms with Crippen LogP contribution in [0.4, 0.5) is 0 Å². The van der Waals surface area contributed by atoms with Crippen LogP contribution in [0.15, 0.2) is 29.3 Å². The van der Waals surface area contributed by atoms with E-state index in [2.05, 4.69) is 4.99 Å². The molecule has 3 rings (SSSR count). The number of fused-ring (bicyclic) bond motifs is 2. The van der Waals surface area contributed by atoms with Gasteiger partial charge in [0.2, 0.25) is 6.08 Å². The first-order valence-corrected chi connectivity index (χ1v) is 5.32. The largest absolute Gasteiger partial charge is 0.500 e. The summed E-state index contributed by atoms with van der Waals surface area (Å²) >= 11 is 0. The van der Waals surface area contributed by atoms with E-state index in [0.29, 0.717) is 11.8 Å². The molecule has 2 unspecified atom stereocenters. The van der Waals surface area contributed by atoms with Crippen LogP contribution in [0.2, 0.25) is 0 Å². The Kier molecular flexibility index (Phi) is 1.95. The zero-order valence-corrected chi connectivity index (χ0v) is 8.93. The zero-order chi connectivity index (χ0) is 11.1. The van der Waals surface area contributed by atoms with Crippen molar-refractivity contribution in [2.45, 2.75) is 6.42 Å². The minimum Gasteiger partial charge on any atom is -0.500 e. The number of methoxy groups -OCH3 is 1. The number of isocyanates is 1. The number of aliphatic imine (C=N–C) groups is 1. The number of benzene rings is 1. The molecule has 16 heavy (non-hydrogen) atoms. The van der Waals surface area contributed by atoms with Crippen molar-refractivity contribution in [1.82, 2.24) is 0 Å². The van der Waals surface area contributed by atoms with E-state index in [1.807, 2.05) is 24.3 Å². The lowest BCUT2D eigenvalue weighted by atomic mass is 10.0. The van der Waals surface area contributed by atoms with Gasteiger partial charge >= 0.3 is 0 Å². The molecule has 0 saturated heterocycles. The molecule has 1 aromatic rings. The van der Waals surface area contributed by atoms with Gasteiger partial charge in [0.25, 0.3) is 0 Å². The third-order valence-corrected chi connectivity index (χ3v) is 3.33. The van der Waals surface area contributed by atoms with E-state index in [9.17, 15) is 4.79 Å². The minimum absolute atomic E-state index is 0.353. The SMILES string of the molecule is COC1=c2ccccc2=C(N=C=O)C2CC12. The molecule has 0 bridgehead atoms. The molecule has 0 radical (unpaired) electrons. The predicted molar refractivity (Wildman–Crippen MR) is 59.2 cm³/mol. The van der Waals surface area contributed by atoms with Crippen LogP contribution in [-0.4, -0.2) is 13.2 Å². The maximum atomic E-state index is 10.4. The van der Waals surface area contributed by atoms with Gasteiger partial charge in [-0.1, -0.05) is 24.3 Å². The van der Waals surface area contributed by atoms with E-state index in [1.165, 1.54) is 0 Å². The van der Waals surface area contributed by atoms with Gasteiger partial charge < -0.3 is 4.74 Å². The zero-order valence-electron chi connectivity index (χ0n) is 8.93. The molecule has 0 spiro atoms. The van der Waals surface area contributed by atoms with Gasteiger partial charge in [-0.05, 0) is 6.42 Å². The summed E-state index contributed by atoms with van der Waals surface area (Å²) in [4.78, 5) is 14.3. The van der Waals surface area contributed by atoms with E-state index in [4.69, 9.17) is 4.74 Å². The minimum atomic E-state index is 0.353. The van der Waals surface area contributed by atoms with Crippen molar-refractivity contribution in [2.24, 2.45) is 16.8 Å². The lowest BCUT2D eigenvalue weighted by Gasteiger charge is -2.11. The van der Waals surface area contributed by atoms with Crippen LogP contribution in [0.1, 0.15) is 6.42 Å². The van der Waals surface area contributed by atoms with Gasteiger partial charge in [0.05, 0.1) is 12.8 Å². The highest BCUT2D eigenvalue weighted by Gasteiger charge is 2.46. The Labute approximate surface area is 92.8 Å². The molecule has 1 aromatic carbocycles. The predicted octanol–water partition coefficient (Wildman–Crippen LogP) is 0.535. The second-order valence-corrected chi connectivity index (χ2v) is 4.15. The van der Waals surface area contributed by atoms with Crippen LogP contribution in [0.5, 0.6) is 0 Å². The van der Waals surface area contributed by atoms with E-state index in [1.54, 1.807) is 13.2 Å². The third kappa shape index (κ3) is 1.15. The van der Waals surface area contributed by atoms with Gasteiger partial charge in [-0.3, -0.25) is 0 Å². The second-order valence-electron chi connectivity index (χ2n) is 4.15. The van der Waals surface area contributed by atoms with E-state index in [-0.39, 0.29) is 0 Å². The van der Waals surface area contributed by atoms with Crippen molar-refractivity contribution in [2.75, 3.05) is 7.11 Å². The molecule has 0 heterocycles. The molecule has 1 saturated carbocycles. The quantitative estimate of drug-likeness (QED) is 0.531. The van der Waals surface area contributed by atoms with Crippen LogP contribution in [0, 0.1) is 11.8 Å². The number of carbonyl (C=O) groups excluding carboxylic acids is 1. The first-order valence-electron chi connectivity index (χ1n) is 5.32. The number of ether oxygens (including phenoxy) is 1. The summed E-state index contributed by atoms with van der Waals surface area (Å²) in [7, 11) is 1.70. The van der Waals surface area contributed by atoms with Gasteiger partial charge in [-0.15, -0.1) is 0 Å². The van der Waals surface area contributed by atoms with Crippen molar-refractivity contribution in [3.63, 3.8) is 0 Å². The highest BCUT2D eigenvalue weighted by Crippen LogP contribution is 2.50. The first kappa shape index (κ1) is 9.37. The van der Waals surface area contributed by atoms with Gasteiger partial charge in [0, 0.05) is 22.3 Å². The molecule has 2 atom stereocenters. The summed E-state index contributed by atoms with van der Waals surface area (Å²) in [6.45, 7) is 0. The fourth-order valence-electron chi connectivity index (χ4n) is 2.56. The molecule has 3 nitrogen and oxygen atoms in total. The van der Waals surface area contributed by atoms with Gasteiger partial charge in [0.1, 0.15) is 5.76 Å². The van der Waals surface area contributed by atoms with Gasteiger partial charge in [-0.2, -0.15) is 4.99 Å². The van der Waals surface area contributed by atoms with Crippen LogP contribution in [0.3, 0.4) is 0 Å². The molecule has 0 amide bonds. The standard InChI is InChI=1S/C13H11NO2/c1-16-13-9-5-3-2-4-8(9)12(14-7-15)10-6-11(10)13/h2-5,10-11H,6H2,1H3. The Morgan fingerprint density at radius 3 is 2.75 bits per heavy atom. The summed E-state index contributed by atoms with van der Waals surface area (Å²) in [5, 5.41) is 2.08. The fraction of sp³-hybridized carbons (Fsp3) is 0.308. The maximum Gasteiger partial charge on any atom is 0.240 e. The van der Waals surface area contributed by atoms with Crippen molar-refractivity contribution in [1.29, 1.82) is 0 Å². The molecule has 2 aliphatic rings. The second kappa shape index (κ2) is 3.32. The van der Waals surface area contributed by atoms with Crippen LogP contribution in [-0.2, 0) is 9.53 Å².